The molecule has 2 heterocycles. The summed E-state index contributed by atoms with van der Waals surface area (Å²) in [5, 5.41) is 3.09. The molecule has 2 aromatic carbocycles. The minimum Gasteiger partial charge on any atom is -0.467 e. The van der Waals surface area contributed by atoms with Gasteiger partial charge in [-0.25, -0.2) is 13.4 Å². The minimum atomic E-state index is -3.46. The number of benzene rings is 2. The van der Waals surface area contributed by atoms with Crippen LogP contribution in [0.2, 0.25) is 5.02 Å². The molecular formula is C22H22ClNO4S2. The summed E-state index contributed by atoms with van der Waals surface area (Å²) in [6, 6.07) is 11.6. The van der Waals surface area contributed by atoms with Crippen LogP contribution in [0.4, 0.5) is 0 Å². The van der Waals surface area contributed by atoms with Gasteiger partial charge in [0.1, 0.15) is 10.8 Å². The SMILES string of the molecule is CC(C)c1ccc(-c2nc(CS(=O)(=O)Cc3cc(Cl)cc4c3OCOC4)cs2)cc1. The first-order valence-corrected chi connectivity index (χ1v) is 12.7. The van der Waals surface area contributed by atoms with Crippen LogP contribution >= 0.6 is 22.9 Å². The van der Waals surface area contributed by atoms with Crippen molar-refractivity contribution < 1.29 is 17.9 Å². The molecule has 158 valence electrons. The number of sulfone groups is 1. The van der Waals surface area contributed by atoms with Gasteiger partial charge in [-0.2, -0.15) is 0 Å². The van der Waals surface area contributed by atoms with Crippen LogP contribution in [-0.2, 0) is 32.7 Å². The van der Waals surface area contributed by atoms with Crippen LogP contribution in [0.5, 0.6) is 5.75 Å². The third-order valence-corrected chi connectivity index (χ3v) is 7.52. The highest BCUT2D eigenvalue weighted by molar-refractivity contribution is 7.89. The third kappa shape index (κ3) is 4.86. The molecule has 0 radical (unpaired) electrons. The highest BCUT2D eigenvalue weighted by Crippen LogP contribution is 2.33. The molecule has 8 heteroatoms. The lowest BCUT2D eigenvalue weighted by molar-refractivity contribution is -0.0169. The molecule has 1 aromatic heterocycles. The zero-order valence-corrected chi connectivity index (χ0v) is 19.1. The summed E-state index contributed by atoms with van der Waals surface area (Å²) in [6.07, 6.45) is 0. The number of nitrogens with zero attached hydrogens (tertiary/aromatic N) is 1. The summed E-state index contributed by atoms with van der Waals surface area (Å²) >= 11 is 7.61. The van der Waals surface area contributed by atoms with Crippen molar-refractivity contribution in [3.63, 3.8) is 0 Å². The van der Waals surface area contributed by atoms with Crippen LogP contribution < -0.4 is 4.74 Å². The molecule has 0 amide bonds. The monoisotopic (exact) mass is 463 g/mol. The molecule has 0 N–H and O–H groups in total. The van der Waals surface area contributed by atoms with Gasteiger partial charge in [0.15, 0.2) is 16.6 Å². The number of aromatic nitrogens is 1. The van der Waals surface area contributed by atoms with E-state index in [1.165, 1.54) is 16.9 Å². The van der Waals surface area contributed by atoms with Crippen molar-refractivity contribution in [1.82, 2.24) is 4.98 Å². The Balaban J connectivity index is 1.52. The molecule has 1 aliphatic rings. The average molecular weight is 464 g/mol. The first-order valence-electron chi connectivity index (χ1n) is 9.58. The van der Waals surface area contributed by atoms with Gasteiger partial charge in [-0.3, -0.25) is 0 Å². The predicted octanol–water partition coefficient (Wildman–Crippen LogP) is 5.57. The maximum absolute atomic E-state index is 12.9. The van der Waals surface area contributed by atoms with E-state index in [1.807, 2.05) is 12.1 Å². The van der Waals surface area contributed by atoms with Gasteiger partial charge < -0.3 is 9.47 Å². The summed E-state index contributed by atoms with van der Waals surface area (Å²) in [7, 11) is -3.46. The van der Waals surface area contributed by atoms with Gasteiger partial charge in [0, 0.05) is 27.1 Å². The van der Waals surface area contributed by atoms with Crippen molar-refractivity contribution in [1.29, 1.82) is 0 Å². The van der Waals surface area contributed by atoms with E-state index < -0.39 is 9.84 Å². The Morgan fingerprint density at radius 2 is 1.93 bits per heavy atom. The van der Waals surface area contributed by atoms with Gasteiger partial charge in [0.05, 0.1) is 23.8 Å². The van der Waals surface area contributed by atoms with Gasteiger partial charge in [-0.15, -0.1) is 11.3 Å². The van der Waals surface area contributed by atoms with E-state index in [0.29, 0.717) is 34.6 Å². The lowest BCUT2D eigenvalue weighted by atomic mass is 10.0. The van der Waals surface area contributed by atoms with Crippen LogP contribution in [0.15, 0.2) is 41.8 Å². The van der Waals surface area contributed by atoms with E-state index in [2.05, 4.69) is 31.0 Å². The molecule has 0 saturated carbocycles. The number of halogens is 1. The van der Waals surface area contributed by atoms with Crippen LogP contribution in [-0.4, -0.2) is 20.2 Å². The minimum absolute atomic E-state index is 0.104. The highest BCUT2D eigenvalue weighted by atomic mass is 35.5. The smallest absolute Gasteiger partial charge is 0.189 e. The predicted molar refractivity (Wildman–Crippen MR) is 120 cm³/mol. The Kier molecular flexibility index (Phi) is 6.16. The van der Waals surface area contributed by atoms with Gasteiger partial charge >= 0.3 is 0 Å². The largest absolute Gasteiger partial charge is 0.467 e. The van der Waals surface area contributed by atoms with Gasteiger partial charge in [0.25, 0.3) is 0 Å². The first kappa shape index (κ1) is 21.3. The number of hydrogen-bond acceptors (Lipinski definition) is 6. The van der Waals surface area contributed by atoms with Crippen LogP contribution in [0.3, 0.4) is 0 Å². The highest BCUT2D eigenvalue weighted by Gasteiger charge is 2.22. The second-order valence-electron chi connectivity index (χ2n) is 7.62. The Labute approximate surface area is 185 Å². The van der Waals surface area contributed by atoms with Crippen molar-refractivity contribution in [2.24, 2.45) is 0 Å². The zero-order chi connectivity index (χ0) is 21.3. The number of ether oxygens (including phenoxy) is 2. The third-order valence-electron chi connectivity index (χ3n) is 4.87. The van der Waals surface area contributed by atoms with E-state index in [9.17, 15) is 8.42 Å². The maximum atomic E-state index is 12.9. The summed E-state index contributed by atoms with van der Waals surface area (Å²) < 4.78 is 36.5. The van der Waals surface area contributed by atoms with E-state index in [-0.39, 0.29) is 18.3 Å². The summed E-state index contributed by atoms with van der Waals surface area (Å²) in [5.41, 5.74) is 4.12. The number of rotatable bonds is 6. The lowest BCUT2D eigenvalue weighted by Crippen LogP contribution is -2.15. The zero-order valence-electron chi connectivity index (χ0n) is 16.7. The van der Waals surface area contributed by atoms with E-state index in [1.54, 1.807) is 17.5 Å². The van der Waals surface area contributed by atoms with Crippen molar-refractivity contribution >= 4 is 32.8 Å². The number of fused-ring (bicyclic) bond motifs is 1. The Morgan fingerprint density at radius 3 is 2.67 bits per heavy atom. The number of hydrogen-bond donors (Lipinski definition) is 0. The molecule has 0 bridgehead atoms. The first-order chi connectivity index (χ1) is 14.3. The van der Waals surface area contributed by atoms with E-state index in [0.717, 1.165) is 16.1 Å². The lowest BCUT2D eigenvalue weighted by Gasteiger charge is -2.21. The fraction of sp³-hybridized carbons (Fsp3) is 0.318. The molecule has 0 atom stereocenters. The molecule has 5 nitrogen and oxygen atoms in total. The molecule has 3 aromatic rings. The molecule has 0 aliphatic carbocycles. The second kappa shape index (κ2) is 8.67. The van der Waals surface area contributed by atoms with Crippen molar-refractivity contribution in [3.05, 3.63) is 69.2 Å². The number of thiazole rings is 1. The van der Waals surface area contributed by atoms with Crippen molar-refractivity contribution in [2.45, 2.75) is 37.9 Å². The maximum Gasteiger partial charge on any atom is 0.189 e. The standard InChI is InChI=1S/C22H22ClNO4S2/c1-14(2)15-3-5-16(6-4-15)22-24-20(10-29-22)12-30(25,26)11-18-8-19(23)7-17-9-27-13-28-21(17)18/h3-8,10,14H,9,11-13H2,1-2H3. The second-order valence-corrected chi connectivity index (χ2v) is 11.0. The van der Waals surface area contributed by atoms with E-state index in [4.69, 9.17) is 21.1 Å². The van der Waals surface area contributed by atoms with Gasteiger partial charge in [-0.05, 0) is 23.6 Å². The van der Waals surface area contributed by atoms with Gasteiger partial charge in [-0.1, -0.05) is 49.7 Å². The molecule has 0 fully saturated rings. The van der Waals surface area contributed by atoms with E-state index >= 15 is 0 Å². The Hall–Kier alpha value is -1.93. The molecule has 30 heavy (non-hydrogen) atoms. The summed E-state index contributed by atoms with van der Waals surface area (Å²) in [4.78, 5) is 4.55. The fourth-order valence-electron chi connectivity index (χ4n) is 3.39. The molecule has 1 aliphatic heterocycles. The topological polar surface area (TPSA) is 65.5 Å². The average Bonchev–Trinajstić information content (AvgIpc) is 3.15. The fourth-order valence-corrected chi connectivity index (χ4v) is 5.98. The van der Waals surface area contributed by atoms with Crippen LogP contribution in [0, 0.1) is 0 Å². The summed E-state index contributed by atoms with van der Waals surface area (Å²) in [6.45, 7) is 4.76. The van der Waals surface area contributed by atoms with Gasteiger partial charge in [0.2, 0.25) is 0 Å². The Morgan fingerprint density at radius 1 is 1.17 bits per heavy atom. The molecule has 0 unspecified atom stereocenters. The molecule has 4 rings (SSSR count). The van der Waals surface area contributed by atoms with Crippen molar-refractivity contribution in [2.75, 3.05) is 6.79 Å². The Bertz CT molecular complexity index is 1150. The molecular weight excluding hydrogens is 442 g/mol. The van der Waals surface area contributed by atoms with Crippen molar-refractivity contribution in [3.8, 4) is 16.3 Å². The molecule has 0 spiro atoms. The molecule has 0 saturated heterocycles. The quantitative estimate of drug-likeness (QED) is 0.478. The normalized spacial score (nSPS) is 13.9. The van der Waals surface area contributed by atoms with Crippen LogP contribution in [0.25, 0.3) is 10.6 Å². The summed E-state index contributed by atoms with van der Waals surface area (Å²) in [5.74, 6) is 0.722. The van der Waals surface area contributed by atoms with Crippen LogP contribution in [0.1, 0.15) is 42.1 Å².